The molecule has 0 bridgehead atoms. The monoisotopic (exact) mass is 423 g/mol. The molecule has 0 radical (unpaired) electrons. The van der Waals surface area contributed by atoms with Gasteiger partial charge < -0.3 is 15.1 Å². The maximum atomic E-state index is 12.3. The van der Waals surface area contributed by atoms with Crippen molar-refractivity contribution in [3.8, 4) is 10.8 Å². The number of anilines is 1. The summed E-state index contributed by atoms with van der Waals surface area (Å²) < 4.78 is 42.1. The predicted molar refractivity (Wildman–Crippen MR) is 102 cm³/mol. The highest BCUT2D eigenvalue weighted by Gasteiger charge is 2.28. The second-order valence-electron chi connectivity index (χ2n) is 6.17. The summed E-state index contributed by atoms with van der Waals surface area (Å²) in [6.07, 6.45) is -2.97. The van der Waals surface area contributed by atoms with Gasteiger partial charge in [-0.1, -0.05) is 6.07 Å². The van der Waals surface area contributed by atoms with Crippen LogP contribution in [0.15, 0.2) is 46.4 Å². The maximum Gasteiger partial charge on any atom is 0.405 e. The van der Waals surface area contributed by atoms with Gasteiger partial charge in [0, 0.05) is 16.6 Å². The minimum Gasteiger partial charge on any atom is -0.462 e. The van der Waals surface area contributed by atoms with Crippen molar-refractivity contribution in [1.82, 2.24) is 10.3 Å². The molecule has 1 aromatic carbocycles. The Morgan fingerprint density at radius 3 is 2.72 bits per heavy atom. The molecule has 0 saturated carbocycles. The van der Waals surface area contributed by atoms with Crippen LogP contribution in [0.1, 0.15) is 21.6 Å². The van der Waals surface area contributed by atoms with Gasteiger partial charge in [-0.05, 0) is 36.8 Å². The van der Waals surface area contributed by atoms with Gasteiger partial charge >= 0.3 is 6.18 Å². The average Bonchev–Trinajstić information content (AvgIpc) is 3.32. The van der Waals surface area contributed by atoms with Gasteiger partial charge in [0.15, 0.2) is 10.8 Å². The maximum absolute atomic E-state index is 12.3. The summed E-state index contributed by atoms with van der Waals surface area (Å²) in [6, 6.07) is 7.79. The molecule has 6 nitrogen and oxygen atoms in total. The van der Waals surface area contributed by atoms with Gasteiger partial charge in [-0.25, -0.2) is 4.98 Å². The smallest absolute Gasteiger partial charge is 0.405 e. The van der Waals surface area contributed by atoms with Crippen molar-refractivity contribution in [1.29, 1.82) is 0 Å². The summed E-state index contributed by atoms with van der Waals surface area (Å²) in [5.41, 5.74) is 1.58. The van der Waals surface area contributed by atoms with Crippen LogP contribution < -0.4 is 10.6 Å². The number of rotatable bonds is 6. The summed E-state index contributed by atoms with van der Waals surface area (Å²) in [5.74, 6) is -0.632. The standard InChI is InChI=1S/C19H16F3N3O3S/c1-11-4-5-12(17(27)23-10-19(20,21)22)7-14(11)25-16(26)8-13-9-29-18(24-13)15-3-2-6-28-15/h2-7,9H,8,10H2,1H3,(H,23,27)(H,25,26). The topological polar surface area (TPSA) is 84.2 Å². The fourth-order valence-corrected chi connectivity index (χ4v) is 3.23. The zero-order valence-electron chi connectivity index (χ0n) is 15.2. The molecule has 3 aromatic rings. The molecule has 10 heteroatoms. The molecule has 0 spiro atoms. The third kappa shape index (κ3) is 5.67. The molecule has 0 atom stereocenters. The first-order valence-electron chi connectivity index (χ1n) is 8.45. The first-order valence-corrected chi connectivity index (χ1v) is 9.33. The highest BCUT2D eigenvalue weighted by molar-refractivity contribution is 7.13. The Morgan fingerprint density at radius 2 is 2.03 bits per heavy atom. The van der Waals surface area contributed by atoms with Crippen LogP contribution in [0, 0.1) is 6.92 Å². The Morgan fingerprint density at radius 1 is 1.24 bits per heavy atom. The van der Waals surface area contributed by atoms with Gasteiger partial charge in [0.1, 0.15) is 6.54 Å². The molecule has 0 aliphatic carbocycles. The lowest BCUT2D eigenvalue weighted by Crippen LogP contribution is -2.33. The van der Waals surface area contributed by atoms with E-state index >= 15 is 0 Å². The number of carbonyl (C=O) groups is 2. The van der Waals surface area contributed by atoms with Gasteiger partial charge in [0.2, 0.25) is 5.91 Å². The van der Waals surface area contributed by atoms with E-state index in [1.165, 1.54) is 29.7 Å². The van der Waals surface area contributed by atoms with Gasteiger partial charge in [-0.2, -0.15) is 13.2 Å². The third-order valence-electron chi connectivity index (χ3n) is 3.85. The Kier molecular flexibility index (Phi) is 6.02. The molecule has 2 amide bonds. The molecule has 0 aliphatic rings. The second kappa shape index (κ2) is 8.48. The average molecular weight is 423 g/mol. The van der Waals surface area contributed by atoms with Crippen LogP contribution in [0.5, 0.6) is 0 Å². The molecule has 0 unspecified atom stereocenters. The SMILES string of the molecule is Cc1ccc(C(=O)NCC(F)(F)F)cc1NC(=O)Cc1csc(-c2ccco2)n1. The Hall–Kier alpha value is -3.14. The number of nitrogens with one attached hydrogen (secondary N) is 2. The van der Waals surface area contributed by atoms with E-state index in [-0.39, 0.29) is 17.9 Å². The predicted octanol–water partition coefficient (Wildman–Crippen LogP) is 4.18. The molecule has 2 N–H and O–H groups in total. The van der Waals surface area contributed by atoms with Crippen LogP contribution >= 0.6 is 11.3 Å². The summed E-state index contributed by atoms with van der Waals surface area (Å²) in [5, 5.41) is 6.86. The minimum absolute atomic E-state index is 0.00114. The molecule has 0 fully saturated rings. The van der Waals surface area contributed by atoms with E-state index in [2.05, 4.69) is 10.3 Å². The van der Waals surface area contributed by atoms with Crippen molar-refractivity contribution < 1.29 is 27.2 Å². The van der Waals surface area contributed by atoms with E-state index in [1.807, 2.05) is 0 Å². The molecule has 0 saturated heterocycles. The zero-order chi connectivity index (χ0) is 21.0. The van der Waals surface area contributed by atoms with E-state index in [4.69, 9.17) is 4.42 Å². The van der Waals surface area contributed by atoms with Crippen LogP contribution in [-0.2, 0) is 11.2 Å². The lowest BCUT2D eigenvalue weighted by atomic mass is 10.1. The van der Waals surface area contributed by atoms with Crippen LogP contribution in [0.25, 0.3) is 10.8 Å². The van der Waals surface area contributed by atoms with Gasteiger partial charge in [-0.3, -0.25) is 9.59 Å². The minimum atomic E-state index is -4.50. The lowest BCUT2D eigenvalue weighted by molar-refractivity contribution is -0.123. The van der Waals surface area contributed by atoms with E-state index in [9.17, 15) is 22.8 Å². The van der Waals surface area contributed by atoms with Crippen molar-refractivity contribution in [2.75, 3.05) is 11.9 Å². The summed E-state index contributed by atoms with van der Waals surface area (Å²) in [6.45, 7) is 0.286. The number of aromatic nitrogens is 1. The number of hydrogen-bond donors (Lipinski definition) is 2. The Labute approximate surface area is 167 Å². The number of hydrogen-bond acceptors (Lipinski definition) is 5. The van der Waals surface area contributed by atoms with E-state index < -0.39 is 18.6 Å². The van der Waals surface area contributed by atoms with Crippen LogP contribution in [-0.4, -0.2) is 29.5 Å². The molecule has 0 aliphatic heterocycles. The Bertz CT molecular complexity index is 1010. The Balaban J connectivity index is 1.65. The van der Waals surface area contributed by atoms with Gasteiger partial charge in [0.05, 0.1) is 18.4 Å². The number of benzene rings is 1. The zero-order valence-corrected chi connectivity index (χ0v) is 16.0. The third-order valence-corrected chi connectivity index (χ3v) is 4.75. The molecular formula is C19H16F3N3O3S. The van der Waals surface area contributed by atoms with Crippen molar-refractivity contribution in [3.05, 3.63) is 58.8 Å². The summed E-state index contributed by atoms with van der Waals surface area (Å²) >= 11 is 1.34. The molecule has 152 valence electrons. The molecular weight excluding hydrogens is 407 g/mol. The molecule has 3 rings (SSSR count). The van der Waals surface area contributed by atoms with Gasteiger partial charge in [0.25, 0.3) is 5.91 Å². The summed E-state index contributed by atoms with van der Waals surface area (Å²) in [7, 11) is 0. The van der Waals surface area contributed by atoms with Crippen LogP contribution in [0.2, 0.25) is 0 Å². The van der Waals surface area contributed by atoms with Crippen molar-refractivity contribution >= 4 is 28.8 Å². The number of nitrogens with zero attached hydrogens (tertiary/aromatic N) is 1. The largest absolute Gasteiger partial charge is 0.462 e. The quantitative estimate of drug-likeness (QED) is 0.623. The number of halogens is 3. The number of carbonyl (C=O) groups excluding carboxylic acids is 2. The molecule has 2 heterocycles. The number of aryl methyl sites for hydroxylation is 1. The van der Waals surface area contributed by atoms with E-state index in [0.29, 0.717) is 27.7 Å². The van der Waals surface area contributed by atoms with Gasteiger partial charge in [-0.15, -0.1) is 11.3 Å². The molecule has 2 aromatic heterocycles. The number of alkyl halides is 3. The second-order valence-corrected chi connectivity index (χ2v) is 7.03. The highest BCUT2D eigenvalue weighted by atomic mass is 32.1. The highest BCUT2D eigenvalue weighted by Crippen LogP contribution is 2.24. The van der Waals surface area contributed by atoms with Crippen molar-refractivity contribution in [3.63, 3.8) is 0 Å². The number of thiazole rings is 1. The fraction of sp³-hybridized carbons (Fsp3) is 0.211. The van der Waals surface area contributed by atoms with Crippen LogP contribution in [0.4, 0.5) is 18.9 Å². The van der Waals surface area contributed by atoms with E-state index in [1.54, 1.807) is 35.8 Å². The lowest BCUT2D eigenvalue weighted by Gasteiger charge is -2.12. The normalized spacial score (nSPS) is 11.3. The number of furan rings is 1. The first-order chi connectivity index (χ1) is 13.7. The number of amides is 2. The fourth-order valence-electron chi connectivity index (χ4n) is 2.44. The molecule has 29 heavy (non-hydrogen) atoms. The first kappa shape index (κ1) is 20.6. The summed E-state index contributed by atoms with van der Waals surface area (Å²) in [4.78, 5) is 28.6. The van der Waals surface area contributed by atoms with Crippen molar-refractivity contribution in [2.45, 2.75) is 19.5 Å². The van der Waals surface area contributed by atoms with Crippen molar-refractivity contribution in [2.24, 2.45) is 0 Å². The van der Waals surface area contributed by atoms with E-state index in [0.717, 1.165) is 0 Å². The van der Waals surface area contributed by atoms with Crippen LogP contribution in [0.3, 0.4) is 0 Å².